The Balaban J connectivity index is 1.96. The Hall–Kier alpha value is -1.35. The van der Waals surface area contributed by atoms with Crippen molar-refractivity contribution in [2.75, 3.05) is 0 Å². The molecular formula is C20H20BrClN2OS. The summed E-state index contributed by atoms with van der Waals surface area (Å²) in [6.07, 6.45) is 4.61. The maximum atomic E-state index is 10.1. The third-order valence-corrected chi connectivity index (χ3v) is 6.87. The van der Waals surface area contributed by atoms with Gasteiger partial charge in [0, 0.05) is 21.1 Å². The van der Waals surface area contributed by atoms with Crippen molar-refractivity contribution in [1.29, 1.82) is 5.26 Å². The van der Waals surface area contributed by atoms with E-state index in [0.29, 0.717) is 22.0 Å². The minimum Gasteiger partial charge on any atom is -0.506 e. The van der Waals surface area contributed by atoms with Crippen molar-refractivity contribution in [2.45, 2.75) is 40.0 Å². The van der Waals surface area contributed by atoms with Crippen LogP contribution in [0.25, 0.3) is 0 Å². The lowest BCUT2D eigenvalue weighted by atomic mass is 9.72. The summed E-state index contributed by atoms with van der Waals surface area (Å²) in [5.74, 6) is 0.608. The molecule has 26 heavy (non-hydrogen) atoms. The summed E-state index contributed by atoms with van der Waals surface area (Å²) >= 11 is 11.0. The Bertz CT molecular complexity index is 921. The second-order valence-corrected chi connectivity index (χ2v) is 10.1. The second kappa shape index (κ2) is 7.34. The van der Waals surface area contributed by atoms with Crippen LogP contribution in [0.15, 0.2) is 21.6 Å². The van der Waals surface area contributed by atoms with Gasteiger partial charge >= 0.3 is 0 Å². The van der Waals surface area contributed by atoms with Crippen LogP contribution in [-0.2, 0) is 12.8 Å². The number of aliphatic imine (C=N–C) groups is 1. The number of thiophene rings is 1. The molecule has 0 amide bonds. The van der Waals surface area contributed by atoms with Crippen molar-refractivity contribution >= 4 is 50.1 Å². The van der Waals surface area contributed by atoms with Crippen LogP contribution in [0.4, 0.5) is 5.00 Å². The molecule has 1 aromatic carbocycles. The first kappa shape index (κ1) is 19.4. The number of benzene rings is 1. The van der Waals surface area contributed by atoms with Gasteiger partial charge in [-0.05, 0) is 48.3 Å². The number of nitriles is 1. The molecule has 0 radical (unpaired) electrons. The number of hydrogen-bond acceptors (Lipinski definition) is 4. The van der Waals surface area contributed by atoms with Crippen LogP contribution in [-0.4, -0.2) is 11.3 Å². The normalized spacial score (nSPS) is 17.3. The highest BCUT2D eigenvalue weighted by atomic mass is 79.9. The van der Waals surface area contributed by atoms with E-state index < -0.39 is 0 Å². The van der Waals surface area contributed by atoms with Gasteiger partial charge in [-0.3, -0.25) is 0 Å². The quantitative estimate of drug-likeness (QED) is 0.520. The van der Waals surface area contributed by atoms with Crippen molar-refractivity contribution in [3.8, 4) is 11.8 Å². The topological polar surface area (TPSA) is 56.4 Å². The first-order valence-corrected chi connectivity index (χ1v) is 10.5. The van der Waals surface area contributed by atoms with Crippen molar-refractivity contribution in [1.82, 2.24) is 0 Å². The lowest BCUT2D eigenvalue weighted by Crippen LogP contribution is -2.26. The smallest absolute Gasteiger partial charge is 0.143 e. The number of rotatable bonds is 2. The predicted molar refractivity (Wildman–Crippen MR) is 112 cm³/mol. The number of hydrogen-bond donors (Lipinski definition) is 1. The number of phenolic OH excluding ortho intramolecular Hbond substituents is 1. The zero-order chi connectivity index (χ0) is 19.1. The maximum absolute atomic E-state index is 10.1. The van der Waals surface area contributed by atoms with E-state index in [1.54, 1.807) is 29.7 Å². The zero-order valence-electron chi connectivity index (χ0n) is 14.9. The van der Waals surface area contributed by atoms with E-state index in [2.05, 4.69) is 47.8 Å². The van der Waals surface area contributed by atoms with Crippen molar-refractivity contribution in [3.63, 3.8) is 0 Å². The van der Waals surface area contributed by atoms with Crippen LogP contribution in [0.1, 0.15) is 48.8 Å². The van der Waals surface area contributed by atoms with E-state index in [0.717, 1.165) is 29.3 Å². The minimum absolute atomic E-state index is 0.00811. The maximum Gasteiger partial charge on any atom is 0.143 e. The Kier molecular flexibility index (Phi) is 5.48. The molecule has 0 fully saturated rings. The fraction of sp³-hybridized carbons (Fsp3) is 0.400. The van der Waals surface area contributed by atoms with E-state index in [-0.39, 0.29) is 16.2 Å². The Morgan fingerprint density at radius 2 is 2.15 bits per heavy atom. The second-order valence-electron chi connectivity index (χ2n) is 7.69. The Morgan fingerprint density at radius 3 is 2.81 bits per heavy atom. The van der Waals surface area contributed by atoms with Crippen LogP contribution < -0.4 is 0 Å². The number of fused-ring (bicyclic) bond motifs is 1. The summed E-state index contributed by atoms with van der Waals surface area (Å²) in [5.41, 5.74) is 2.61. The van der Waals surface area contributed by atoms with Crippen LogP contribution in [0.2, 0.25) is 5.02 Å². The molecule has 6 heteroatoms. The molecule has 3 rings (SSSR count). The largest absolute Gasteiger partial charge is 0.506 e. The highest BCUT2D eigenvalue weighted by Gasteiger charge is 2.32. The standard InChI is InChI=1S/C20H20BrClN2OS/c1-20(2,3)12-4-5-14-15(9-23)19(26-17(14)7-12)24-10-11-6-13(21)8-16(22)18(11)25/h6,8,10,12,25H,4-5,7H2,1-3H3/t12-/m0/s1. The summed E-state index contributed by atoms with van der Waals surface area (Å²) < 4.78 is 0.765. The van der Waals surface area contributed by atoms with E-state index in [4.69, 9.17) is 11.6 Å². The van der Waals surface area contributed by atoms with Crippen molar-refractivity contribution in [2.24, 2.45) is 16.3 Å². The third-order valence-electron chi connectivity index (χ3n) is 4.96. The molecule has 0 spiro atoms. The van der Waals surface area contributed by atoms with Crippen LogP contribution in [0.3, 0.4) is 0 Å². The fourth-order valence-electron chi connectivity index (χ4n) is 3.33. The first-order valence-electron chi connectivity index (χ1n) is 8.47. The van der Waals surface area contributed by atoms with E-state index in [9.17, 15) is 10.4 Å². The summed E-state index contributed by atoms with van der Waals surface area (Å²) in [6.45, 7) is 6.83. The summed E-state index contributed by atoms with van der Waals surface area (Å²) in [7, 11) is 0. The van der Waals surface area contributed by atoms with Crippen LogP contribution in [0.5, 0.6) is 5.75 Å². The average Bonchev–Trinajstić information content (AvgIpc) is 2.92. The van der Waals surface area contributed by atoms with Gasteiger partial charge in [0.1, 0.15) is 16.8 Å². The van der Waals surface area contributed by atoms with Crippen molar-refractivity contribution < 1.29 is 5.11 Å². The molecule has 1 aliphatic carbocycles. The minimum atomic E-state index is -0.00811. The summed E-state index contributed by atoms with van der Waals surface area (Å²) in [4.78, 5) is 5.79. The molecule has 0 saturated heterocycles. The zero-order valence-corrected chi connectivity index (χ0v) is 18.1. The van der Waals surface area contributed by atoms with Gasteiger partial charge in [0.25, 0.3) is 0 Å². The lowest BCUT2D eigenvalue weighted by molar-refractivity contribution is 0.218. The van der Waals surface area contributed by atoms with Gasteiger partial charge in [-0.15, -0.1) is 11.3 Å². The molecule has 1 atom stereocenters. The average molecular weight is 452 g/mol. The van der Waals surface area contributed by atoms with Gasteiger partial charge < -0.3 is 5.11 Å². The Morgan fingerprint density at radius 1 is 1.42 bits per heavy atom. The third kappa shape index (κ3) is 3.83. The van der Waals surface area contributed by atoms with Crippen LogP contribution >= 0.6 is 38.9 Å². The molecular weight excluding hydrogens is 432 g/mol. The summed E-state index contributed by atoms with van der Waals surface area (Å²) in [6, 6.07) is 5.71. The van der Waals surface area contributed by atoms with E-state index >= 15 is 0 Å². The van der Waals surface area contributed by atoms with Gasteiger partial charge in [-0.1, -0.05) is 48.3 Å². The van der Waals surface area contributed by atoms with Crippen LogP contribution in [0, 0.1) is 22.7 Å². The van der Waals surface area contributed by atoms with Gasteiger partial charge in [0.2, 0.25) is 0 Å². The van der Waals surface area contributed by atoms with E-state index in [1.807, 2.05) is 0 Å². The number of aromatic hydroxyl groups is 1. The number of nitrogens with zero attached hydrogens (tertiary/aromatic N) is 2. The Labute approximate surface area is 171 Å². The number of phenols is 1. The van der Waals surface area contributed by atoms with Gasteiger partial charge in [0.05, 0.1) is 10.6 Å². The molecule has 1 aliphatic rings. The van der Waals surface area contributed by atoms with Crippen molar-refractivity contribution in [3.05, 3.63) is 43.2 Å². The molecule has 1 heterocycles. The van der Waals surface area contributed by atoms with Gasteiger partial charge in [0.15, 0.2) is 0 Å². The SMILES string of the molecule is CC(C)(C)[C@H]1CCc2c(sc(N=Cc3cc(Br)cc(Cl)c3O)c2C#N)C1. The van der Waals surface area contributed by atoms with Gasteiger partial charge in [-0.25, -0.2) is 4.99 Å². The highest BCUT2D eigenvalue weighted by Crippen LogP contribution is 2.45. The molecule has 0 unspecified atom stereocenters. The number of halogens is 2. The molecule has 3 nitrogen and oxygen atoms in total. The molecule has 0 aliphatic heterocycles. The monoisotopic (exact) mass is 450 g/mol. The predicted octanol–water partition coefficient (Wildman–Crippen LogP) is 6.64. The highest BCUT2D eigenvalue weighted by molar-refractivity contribution is 9.10. The van der Waals surface area contributed by atoms with Gasteiger partial charge in [-0.2, -0.15) is 5.26 Å². The molecule has 136 valence electrons. The molecule has 0 bridgehead atoms. The molecule has 0 saturated carbocycles. The molecule has 1 N–H and O–H groups in total. The van der Waals surface area contributed by atoms with E-state index in [1.165, 1.54) is 4.88 Å². The molecule has 1 aromatic heterocycles. The summed E-state index contributed by atoms with van der Waals surface area (Å²) in [5, 5.41) is 20.7. The molecule has 2 aromatic rings. The first-order chi connectivity index (χ1) is 12.2. The lowest BCUT2D eigenvalue weighted by Gasteiger charge is -2.33. The fourth-order valence-corrected chi connectivity index (χ4v) is 5.38.